The molecule has 130 valence electrons. The molecule has 1 N–H and O–H groups in total. The third-order valence-electron chi connectivity index (χ3n) is 4.52. The van der Waals surface area contributed by atoms with Crippen LogP contribution in [-0.4, -0.2) is 31.1 Å². The summed E-state index contributed by atoms with van der Waals surface area (Å²) in [5, 5.41) is 3.21. The first-order valence-electron chi connectivity index (χ1n) is 7.76. The highest BCUT2D eigenvalue weighted by Crippen LogP contribution is 2.43. The predicted molar refractivity (Wildman–Crippen MR) is 83.2 cm³/mol. The quantitative estimate of drug-likeness (QED) is 0.824. The molecule has 0 bridgehead atoms. The second-order valence-electron chi connectivity index (χ2n) is 6.21. The lowest BCUT2D eigenvalue weighted by molar-refractivity contribution is -0.138. The first-order valence-corrected chi connectivity index (χ1v) is 7.76. The molecule has 23 heavy (non-hydrogen) atoms. The van der Waals surface area contributed by atoms with Crippen molar-refractivity contribution in [3.05, 3.63) is 35.1 Å². The van der Waals surface area contributed by atoms with Crippen LogP contribution < -0.4 is 5.32 Å². The molecular formula is C16H21ClF4N2. The summed E-state index contributed by atoms with van der Waals surface area (Å²) in [6, 6.07) is 2.52. The highest BCUT2D eigenvalue weighted by Gasteiger charge is 2.38. The summed E-state index contributed by atoms with van der Waals surface area (Å²) in [5.41, 5.74) is -0.598. The second-order valence-corrected chi connectivity index (χ2v) is 6.21. The van der Waals surface area contributed by atoms with Gasteiger partial charge in [-0.05, 0) is 36.1 Å². The van der Waals surface area contributed by atoms with E-state index in [-0.39, 0.29) is 24.0 Å². The molecular weight excluding hydrogens is 332 g/mol. The van der Waals surface area contributed by atoms with Crippen LogP contribution in [0.25, 0.3) is 0 Å². The Morgan fingerprint density at radius 1 is 1.17 bits per heavy atom. The number of benzene rings is 1. The fourth-order valence-electron chi connectivity index (χ4n) is 3.20. The molecule has 1 aliphatic carbocycles. The maximum absolute atomic E-state index is 13.6. The average Bonchev–Trinajstić information content (AvgIpc) is 3.28. The van der Waals surface area contributed by atoms with Crippen molar-refractivity contribution in [2.75, 3.05) is 26.2 Å². The van der Waals surface area contributed by atoms with Crippen LogP contribution in [0.4, 0.5) is 17.6 Å². The van der Waals surface area contributed by atoms with Gasteiger partial charge in [0, 0.05) is 32.2 Å². The molecule has 7 heteroatoms. The van der Waals surface area contributed by atoms with Crippen molar-refractivity contribution in [1.29, 1.82) is 0 Å². The van der Waals surface area contributed by atoms with Crippen molar-refractivity contribution in [1.82, 2.24) is 10.2 Å². The summed E-state index contributed by atoms with van der Waals surface area (Å²) in [6.45, 7) is 2.92. The number of piperazine rings is 1. The lowest BCUT2D eigenvalue weighted by Gasteiger charge is -2.36. The Bertz CT molecular complexity index is 525. The lowest BCUT2D eigenvalue weighted by atomic mass is 9.93. The molecule has 1 saturated carbocycles. The van der Waals surface area contributed by atoms with Crippen molar-refractivity contribution in [2.45, 2.75) is 31.5 Å². The molecule has 2 nitrogen and oxygen atoms in total. The van der Waals surface area contributed by atoms with Gasteiger partial charge in [-0.25, -0.2) is 4.39 Å². The Hall–Kier alpha value is -0.850. The third-order valence-corrected chi connectivity index (χ3v) is 4.52. The standard InChI is InChI=1S/C16H20F4N2.ClH/c17-12-3-4-14(16(18,19)20)13(10-12)15(9-11-1-2-11)22-7-5-21-6-8-22;/h3-4,10-11,15,21H,1-2,5-9H2;1H/t15-;/m1./s1. The van der Waals surface area contributed by atoms with E-state index < -0.39 is 17.6 Å². The van der Waals surface area contributed by atoms with E-state index in [1.54, 1.807) is 0 Å². The minimum atomic E-state index is -4.45. The van der Waals surface area contributed by atoms with Gasteiger partial charge in [-0.1, -0.05) is 12.8 Å². The minimum absolute atomic E-state index is 0. The van der Waals surface area contributed by atoms with E-state index in [1.807, 2.05) is 0 Å². The molecule has 1 saturated heterocycles. The molecule has 0 aromatic heterocycles. The molecule has 2 aliphatic rings. The van der Waals surface area contributed by atoms with Crippen molar-refractivity contribution >= 4 is 12.4 Å². The number of hydrogen-bond acceptors (Lipinski definition) is 2. The van der Waals surface area contributed by atoms with Crippen LogP contribution in [0.15, 0.2) is 18.2 Å². The van der Waals surface area contributed by atoms with E-state index in [0.717, 1.165) is 44.1 Å². The van der Waals surface area contributed by atoms with Gasteiger partial charge in [0.15, 0.2) is 0 Å². The molecule has 0 spiro atoms. The topological polar surface area (TPSA) is 15.3 Å². The summed E-state index contributed by atoms with van der Waals surface area (Å²) in [5.74, 6) is -0.122. The molecule has 1 aromatic carbocycles. The SMILES string of the molecule is Cl.Fc1ccc(C(F)(F)F)c([C@@H](CC2CC2)N2CCNCC2)c1. The predicted octanol–water partition coefficient (Wildman–Crippen LogP) is 4.01. The summed E-state index contributed by atoms with van der Waals surface area (Å²) < 4.78 is 53.5. The molecule has 1 atom stereocenters. The van der Waals surface area contributed by atoms with E-state index in [9.17, 15) is 17.6 Å². The maximum atomic E-state index is 13.6. The van der Waals surface area contributed by atoms with Gasteiger partial charge in [0.2, 0.25) is 0 Å². The molecule has 3 rings (SSSR count). The van der Waals surface area contributed by atoms with Gasteiger partial charge in [-0.3, -0.25) is 4.90 Å². The van der Waals surface area contributed by atoms with Gasteiger partial charge in [0.05, 0.1) is 5.56 Å². The highest BCUT2D eigenvalue weighted by molar-refractivity contribution is 5.85. The monoisotopic (exact) mass is 352 g/mol. The van der Waals surface area contributed by atoms with Crippen molar-refractivity contribution in [3.8, 4) is 0 Å². The Kier molecular flexibility index (Phi) is 5.92. The smallest absolute Gasteiger partial charge is 0.314 e. The number of alkyl halides is 3. The van der Waals surface area contributed by atoms with Crippen LogP contribution >= 0.6 is 12.4 Å². The van der Waals surface area contributed by atoms with Gasteiger partial charge in [-0.2, -0.15) is 13.2 Å². The fraction of sp³-hybridized carbons (Fsp3) is 0.625. The maximum Gasteiger partial charge on any atom is 0.416 e. The van der Waals surface area contributed by atoms with E-state index in [1.165, 1.54) is 0 Å². The van der Waals surface area contributed by atoms with Crippen molar-refractivity contribution < 1.29 is 17.6 Å². The fourth-order valence-corrected chi connectivity index (χ4v) is 3.20. The van der Waals surface area contributed by atoms with E-state index in [2.05, 4.69) is 10.2 Å². The number of halogens is 5. The van der Waals surface area contributed by atoms with Crippen LogP contribution in [-0.2, 0) is 6.18 Å². The van der Waals surface area contributed by atoms with E-state index in [0.29, 0.717) is 25.4 Å². The summed E-state index contributed by atoms with van der Waals surface area (Å²) in [7, 11) is 0. The van der Waals surface area contributed by atoms with E-state index >= 15 is 0 Å². The molecule has 0 unspecified atom stereocenters. The van der Waals surface area contributed by atoms with Crippen molar-refractivity contribution in [3.63, 3.8) is 0 Å². The third kappa shape index (κ3) is 4.58. The normalized spacial score (nSPS) is 20.9. The molecule has 1 heterocycles. The zero-order chi connectivity index (χ0) is 15.7. The van der Waals surface area contributed by atoms with Gasteiger partial charge in [-0.15, -0.1) is 12.4 Å². The van der Waals surface area contributed by atoms with Crippen molar-refractivity contribution in [2.24, 2.45) is 5.92 Å². The largest absolute Gasteiger partial charge is 0.416 e. The van der Waals surface area contributed by atoms with E-state index in [4.69, 9.17) is 0 Å². The summed E-state index contributed by atoms with van der Waals surface area (Å²) in [6.07, 6.45) is -1.62. The number of hydrogen-bond donors (Lipinski definition) is 1. The molecule has 1 aromatic rings. The van der Waals surface area contributed by atoms with Gasteiger partial charge in [0.25, 0.3) is 0 Å². The first kappa shape index (κ1) is 18.5. The molecule has 0 amide bonds. The van der Waals surface area contributed by atoms with Crippen LogP contribution in [0.1, 0.15) is 36.4 Å². The minimum Gasteiger partial charge on any atom is -0.314 e. The Morgan fingerprint density at radius 3 is 2.39 bits per heavy atom. The average molecular weight is 353 g/mol. The Balaban J connectivity index is 0.00000192. The van der Waals surface area contributed by atoms with Gasteiger partial charge in [0.1, 0.15) is 5.82 Å². The van der Waals surface area contributed by atoms with Crippen LogP contribution in [0.2, 0.25) is 0 Å². The molecule has 0 radical (unpaired) electrons. The lowest BCUT2D eigenvalue weighted by Crippen LogP contribution is -2.45. The summed E-state index contributed by atoms with van der Waals surface area (Å²) >= 11 is 0. The number of rotatable bonds is 4. The van der Waals surface area contributed by atoms with Crippen LogP contribution in [0.5, 0.6) is 0 Å². The van der Waals surface area contributed by atoms with Gasteiger partial charge >= 0.3 is 6.18 Å². The number of nitrogens with one attached hydrogen (secondary N) is 1. The zero-order valence-electron chi connectivity index (χ0n) is 12.7. The zero-order valence-corrected chi connectivity index (χ0v) is 13.5. The van der Waals surface area contributed by atoms with Gasteiger partial charge < -0.3 is 5.32 Å². The molecule has 1 aliphatic heterocycles. The number of nitrogens with zero attached hydrogens (tertiary/aromatic N) is 1. The Morgan fingerprint density at radius 2 is 1.83 bits per heavy atom. The first-order chi connectivity index (χ1) is 10.4. The summed E-state index contributed by atoms with van der Waals surface area (Å²) in [4.78, 5) is 2.07. The molecule has 2 fully saturated rings. The Labute approximate surface area is 139 Å². The highest BCUT2D eigenvalue weighted by atomic mass is 35.5. The second kappa shape index (κ2) is 7.36. The van der Waals surface area contributed by atoms with Crippen LogP contribution in [0, 0.1) is 11.7 Å². The van der Waals surface area contributed by atoms with Crippen LogP contribution in [0.3, 0.4) is 0 Å².